The number of nitro groups is 1. The van der Waals surface area contributed by atoms with Gasteiger partial charge in [-0.15, -0.1) is 0 Å². The number of hydrogen-bond donors (Lipinski definition) is 2. The zero-order valence-electron chi connectivity index (χ0n) is 11.6. The van der Waals surface area contributed by atoms with Crippen molar-refractivity contribution in [2.45, 2.75) is 20.0 Å². The Morgan fingerprint density at radius 1 is 1.43 bits per heavy atom. The smallest absolute Gasteiger partial charge is 0.287 e. The monoisotopic (exact) mass is 288 g/mol. The summed E-state index contributed by atoms with van der Waals surface area (Å²) in [6.07, 6.45) is 1.35. The van der Waals surface area contributed by atoms with Gasteiger partial charge in [0.2, 0.25) is 0 Å². The van der Waals surface area contributed by atoms with Gasteiger partial charge < -0.3 is 15.6 Å². The summed E-state index contributed by atoms with van der Waals surface area (Å²) in [6, 6.07) is 8.45. The van der Waals surface area contributed by atoms with Crippen molar-refractivity contribution in [1.29, 1.82) is 0 Å². The lowest BCUT2D eigenvalue weighted by Crippen LogP contribution is -2.17. The summed E-state index contributed by atoms with van der Waals surface area (Å²) in [6.45, 7) is 2.58. The van der Waals surface area contributed by atoms with Gasteiger partial charge in [0.25, 0.3) is 11.6 Å². The van der Waals surface area contributed by atoms with Crippen LogP contribution in [0.2, 0.25) is 0 Å². The Morgan fingerprint density at radius 3 is 2.76 bits per heavy atom. The minimum absolute atomic E-state index is 0.103. The third kappa shape index (κ3) is 3.09. The molecule has 0 aliphatic heterocycles. The van der Waals surface area contributed by atoms with Crippen molar-refractivity contribution in [2.75, 3.05) is 5.32 Å². The van der Waals surface area contributed by atoms with Crippen LogP contribution in [0.5, 0.6) is 0 Å². The minimum atomic E-state index is -0.517. The van der Waals surface area contributed by atoms with Crippen LogP contribution in [0.25, 0.3) is 0 Å². The SMILES string of the molecule is CCn1cc([N+](=O)[O-])cc1C(=O)Nc1ccccc1CN. The Labute approximate surface area is 121 Å². The molecule has 0 aliphatic carbocycles. The van der Waals surface area contributed by atoms with Crippen molar-refractivity contribution in [3.05, 3.63) is 57.9 Å². The highest BCUT2D eigenvalue weighted by Gasteiger charge is 2.19. The third-order valence-electron chi connectivity index (χ3n) is 3.15. The molecule has 7 nitrogen and oxygen atoms in total. The third-order valence-corrected chi connectivity index (χ3v) is 3.15. The first-order valence-electron chi connectivity index (χ1n) is 6.50. The van der Waals surface area contributed by atoms with Crippen LogP contribution in [0.4, 0.5) is 11.4 Å². The van der Waals surface area contributed by atoms with Crippen molar-refractivity contribution in [2.24, 2.45) is 5.73 Å². The van der Waals surface area contributed by atoms with Crippen LogP contribution in [-0.2, 0) is 13.1 Å². The van der Waals surface area contributed by atoms with Gasteiger partial charge in [-0.1, -0.05) is 18.2 Å². The summed E-state index contributed by atoms with van der Waals surface area (Å²) in [4.78, 5) is 22.6. The van der Waals surface area contributed by atoms with Crippen LogP contribution in [0, 0.1) is 10.1 Å². The second kappa shape index (κ2) is 6.19. The van der Waals surface area contributed by atoms with Crippen molar-refractivity contribution in [1.82, 2.24) is 4.57 Å². The van der Waals surface area contributed by atoms with Crippen molar-refractivity contribution >= 4 is 17.3 Å². The first-order valence-corrected chi connectivity index (χ1v) is 6.50. The van der Waals surface area contributed by atoms with E-state index in [9.17, 15) is 14.9 Å². The number of carbonyl (C=O) groups is 1. The lowest BCUT2D eigenvalue weighted by Gasteiger charge is -2.10. The Bertz CT molecular complexity index is 679. The number of rotatable bonds is 5. The highest BCUT2D eigenvalue weighted by molar-refractivity contribution is 6.04. The summed E-state index contributed by atoms with van der Waals surface area (Å²) >= 11 is 0. The molecule has 0 fully saturated rings. The summed E-state index contributed by atoms with van der Waals surface area (Å²) in [5.74, 6) is -0.397. The zero-order chi connectivity index (χ0) is 15.4. The van der Waals surface area contributed by atoms with Gasteiger partial charge in [-0.2, -0.15) is 0 Å². The van der Waals surface area contributed by atoms with E-state index in [0.29, 0.717) is 18.8 Å². The second-order valence-electron chi connectivity index (χ2n) is 4.44. The number of carbonyl (C=O) groups excluding carboxylic acids is 1. The normalized spacial score (nSPS) is 10.4. The van der Waals surface area contributed by atoms with E-state index in [1.165, 1.54) is 12.3 Å². The maximum Gasteiger partial charge on any atom is 0.287 e. The summed E-state index contributed by atoms with van der Waals surface area (Å²) < 4.78 is 1.54. The van der Waals surface area contributed by atoms with Crippen LogP contribution in [-0.4, -0.2) is 15.4 Å². The van der Waals surface area contributed by atoms with Crippen LogP contribution in [0.15, 0.2) is 36.5 Å². The highest BCUT2D eigenvalue weighted by Crippen LogP contribution is 2.19. The van der Waals surface area contributed by atoms with Crippen molar-refractivity contribution in [3.63, 3.8) is 0 Å². The Kier molecular flexibility index (Phi) is 4.34. The van der Waals surface area contributed by atoms with E-state index >= 15 is 0 Å². The topological polar surface area (TPSA) is 103 Å². The Hall–Kier alpha value is -2.67. The molecule has 3 N–H and O–H groups in total. The molecule has 0 bridgehead atoms. The van der Waals surface area contributed by atoms with E-state index in [2.05, 4.69) is 5.32 Å². The lowest BCUT2D eigenvalue weighted by molar-refractivity contribution is -0.384. The summed E-state index contributed by atoms with van der Waals surface area (Å²) in [5, 5.41) is 13.6. The van der Waals surface area contributed by atoms with Crippen LogP contribution in [0.3, 0.4) is 0 Å². The quantitative estimate of drug-likeness (QED) is 0.649. The Morgan fingerprint density at radius 2 is 2.14 bits per heavy atom. The molecule has 1 amide bonds. The van der Waals surface area contributed by atoms with E-state index in [1.54, 1.807) is 16.7 Å². The highest BCUT2D eigenvalue weighted by atomic mass is 16.6. The van der Waals surface area contributed by atoms with E-state index < -0.39 is 10.8 Å². The number of amides is 1. The van der Waals surface area contributed by atoms with E-state index in [1.807, 2.05) is 19.1 Å². The molecule has 1 aromatic heterocycles. The molecule has 0 spiro atoms. The van der Waals surface area contributed by atoms with Gasteiger partial charge in [0.1, 0.15) is 5.69 Å². The molecule has 0 atom stereocenters. The average Bonchev–Trinajstić information content (AvgIpc) is 2.92. The fourth-order valence-electron chi connectivity index (χ4n) is 2.05. The fraction of sp³-hybridized carbons (Fsp3) is 0.214. The van der Waals surface area contributed by atoms with Crippen molar-refractivity contribution < 1.29 is 9.72 Å². The number of hydrogen-bond acceptors (Lipinski definition) is 4. The number of nitrogens with two attached hydrogens (primary N) is 1. The number of nitrogens with zero attached hydrogens (tertiary/aromatic N) is 2. The van der Waals surface area contributed by atoms with Gasteiger partial charge >= 0.3 is 0 Å². The minimum Gasteiger partial charge on any atom is -0.337 e. The van der Waals surface area contributed by atoms with Gasteiger partial charge in [-0.3, -0.25) is 14.9 Å². The largest absolute Gasteiger partial charge is 0.337 e. The predicted molar refractivity (Wildman–Crippen MR) is 79.0 cm³/mol. The molecule has 0 radical (unpaired) electrons. The maximum absolute atomic E-state index is 12.3. The number of benzene rings is 1. The van der Waals surface area contributed by atoms with Gasteiger partial charge in [0, 0.05) is 24.8 Å². The number of para-hydroxylation sites is 1. The fourth-order valence-corrected chi connectivity index (χ4v) is 2.05. The average molecular weight is 288 g/mol. The molecule has 21 heavy (non-hydrogen) atoms. The molecular formula is C14H16N4O3. The standard InChI is InChI=1S/C14H16N4O3/c1-2-17-9-11(18(20)21)7-13(17)14(19)16-12-6-4-3-5-10(12)8-15/h3-7,9H,2,8,15H2,1H3,(H,16,19). The first-order chi connectivity index (χ1) is 10.1. The van der Waals surface area contributed by atoms with Crippen LogP contribution < -0.4 is 11.1 Å². The molecule has 0 saturated carbocycles. The molecule has 110 valence electrons. The maximum atomic E-state index is 12.3. The second-order valence-corrected chi connectivity index (χ2v) is 4.44. The number of anilines is 1. The molecule has 2 aromatic rings. The molecule has 2 rings (SSSR count). The number of aryl methyl sites for hydroxylation is 1. The van der Waals surface area contributed by atoms with Crippen LogP contribution >= 0.6 is 0 Å². The number of nitrogens with one attached hydrogen (secondary N) is 1. The van der Waals surface area contributed by atoms with E-state index in [-0.39, 0.29) is 11.4 Å². The Balaban J connectivity index is 2.30. The lowest BCUT2D eigenvalue weighted by atomic mass is 10.2. The predicted octanol–water partition coefficient (Wildman–Crippen LogP) is 2.13. The molecule has 0 aliphatic rings. The summed E-state index contributed by atoms with van der Waals surface area (Å²) in [7, 11) is 0. The van der Waals surface area contributed by atoms with Crippen LogP contribution in [0.1, 0.15) is 23.0 Å². The molecule has 1 aromatic carbocycles. The molecule has 7 heteroatoms. The molecule has 0 saturated heterocycles. The molecule has 0 unspecified atom stereocenters. The number of aromatic nitrogens is 1. The molecule has 1 heterocycles. The van der Waals surface area contributed by atoms with Gasteiger partial charge in [-0.25, -0.2) is 0 Å². The summed E-state index contributed by atoms with van der Waals surface area (Å²) in [5.41, 5.74) is 7.17. The zero-order valence-corrected chi connectivity index (χ0v) is 11.6. The van der Waals surface area contributed by atoms with Gasteiger partial charge in [0.05, 0.1) is 11.1 Å². The van der Waals surface area contributed by atoms with E-state index in [0.717, 1.165) is 5.56 Å². The van der Waals surface area contributed by atoms with E-state index in [4.69, 9.17) is 5.73 Å². The first kappa shape index (κ1) is 14.7. The van der Waals surface area contributed by atoms with Gasteiger partial charge in [0.15, 0.2) is 0 Å². The van der Waals surface area contributed by atoms with Gasteiger partial charge in [-0.05, 0) is 18.6 Å². The van der Waals surface area contributed by atoms with Crippen molar-refractivity contribution in [3.8, 4) is 0 Å². The molecular weight excluding hydrogens is 272 g/mol.